The van der Waals surface area contributed by atoms with Crippen molar-refractivity contribution in [2.75, 3.05) is 7.05 Å². The van der Waals surface area contributed by atoms with Crippen LogP contribution in [0.15, 0.2) is 48.5 Å². The second-order valence-electron chi connectivity index (χ2n) is 4.71. The van der Waals surface area contributed by atoms with Gasteiger partial charge in [-0.1, -0.05) is 42.5 Å². The minimum Gasteiger partial charge on any atom is -0.389 e. The zero-order valence-electron chi connectivity index (χ0n) is 11.5. The van der Waals surface area contributed by atoms with Crippen molar-refractivity contribution in [3.63, 3.8) is 0 Å². The number of nitrogens with zero attached hydrogens (tertiary/aromatic N) is 1. The van der Waals surface area contributed by atoms with Gasteiger partial charge in [-0.15, -0.1) is 0 Å². The Hall–Kier alpha value is -2.27. The van der Waals surface area contributed by atoms with Gasteiger partial charge in [0.05, 0.1) is 5.56 Å². The summed E-state index contributed by atoms with van der Waals surface area (Å²) in [6, 6.07) is 13.3. The van der Waals surface area contributed by atoms with Crippen LogP contribution in [0.25, 0.3) is 0 Å². The lowest BCUT2D eigenvalue weighted by molar-refractivity contribution is 0.0780. The van der Waals surface area contributed by atoms with E-state index in [9.17, 15) is 9.18 Å². The summed E-state index contributed by atoms with van der Waals surface area (Å²) in [6.45, 7) is 0.351. The quantitative estimate of drug-likeness (QED) is 0.883. The number of amides is 1. The van der Waals surface area contributed by atoms with E-state index in [2.05, 4.69) is 0 Å². The van der Waals surface area contributed by atoms with E-state index in [0.29, 0.717) is 11.5 Å². The number of hydrogen-bond acceptors (Lipinski definition) is 2. The Morgan fingerprint density at radius 3 is 2.62 bits per heavy atom. The van der Waals surface area contributed by atoms with E-state index in [1.807, 2.05) is 24.3 Å². The van der Waals surface area contributed by atoms with Crippen LogP contribution in [0, 0.1) is 5.82 Å². The minimum absolute atomic E-state index is 0.0606. The van der Waals surface area contributed by atoms with Gasteiger partial charge in [-0.3, -0.25) is 4.79 Å². The third kappa shape index (κ3) is 3.64. The molecule has 0 atom stereocenters. The van der Waals surface area contributed by atoms with Gasteiger partial charge in [0.1, 0.15) is 10.8 Å². The van der Waals surface area contributed by atoms with E-state index in [1.165, 1.54) is 17.0 Å². The molecule has 0 radical (unpaired) electrons. The second kappa shape index (κ2) is 6.45. The Kier molecular flexibility index (Phi) is 4.65. The van der Waals surface area contributed by atoms with Crippen LogP contribution in [0.3, 0.4) is 0 Å². The number of carbonyl (C=O) groups excluding carboxylic acids is 1. The fraction of sp³-hybridized carbons (Fsp3) is 0.125. The van der Waals surface area contributed by atoms with Gasteiger partial charge in [0.2, 0.25) is 0 Å². The highest BCUT2D eigenvalue weighted by Crippen LogP contribution is 2.13. The molecule has 2 rings (SSSR count). The molecule has 5 heteroatoms. The van der Waals surface area contributed by atoms with Crippen molar-refractivity contribution in [1.82, 2.24) is 4.90 Å². The molecule has 0 aliphatic heterocycles. The predicted octanol–water partition coefficient (Wildman–Crippen LogP) is 2.73. The van der Waals surface area contributed by atoms with Crippen molar-refractivity contribution in [3.05, 3.63) is 71.0 Å². The van der Waals surface area contributed by atoms with Crippen molar-refractivity contribution in [1.29, 1.82) is 0 Å². The molecule has 0 fully saturated rings. The summed E-state index contributed by atoms with van der Waals surface area (Å²) in [6.07, 6.45) is 0. The molecule has 2 aromatic rings. The Morgan fingerprint density at radius 1 is 1.24 bits per heavy atom. The predicted molar refractivity (Wildman–Crippen MR) is 84.5 cm³/mol. The number of benzene rings is 2. The average molecular weight is 302 g/mol. The summed E-state index contributed by atoms with van der Waals surface area (Å²) < 4.78 is 13.6. The fourth-order valence-electron chi connectivity index (χ4n) is 2.01. The molecule has 108 valence electrons. The first kappa shape index (κ1) is 15.1. The van der Waals surface area contributed by atoms with Gasteiger partial charge in [-0.05, 0) is 23.8 Å². The Labute approximate surface area is 128 Å². The van der Waals surface area contributed by atoms with E-state index >= 15 is 0 Å². The highest BCUT2D eigenvalue weighted by atomic mass is 32.1. The van der Waals surface area contributed by atoms with Gasteiger partial charge in [0.15, 0.2) is 0 Å². The molecule has 0 bridgehead atoms. The Balaban J connectivity index is 2.16. The lowest BCUT2D eigenvalue weighted by Gasteiger charge is -2.18. The minimum atomic E-state index is -0.522. The van der Waals surface area contributed by atoms with E-state index in [-0.39, 0.29) is 11.5 Å². The van der Waals surface area contributed by atoms with E-state index in [4.69, 9.17) is 18.0 Å². The SMILES string of the molecule is CN(Cc1cccc(C(N)=S)c1)C(=O)c1ccccc1F. The molecule has 0 saturated carbocycles. The molecule has 2 aromatic carbocycles. The highest BCUT2D eigenvalue weighted by molar-refractivity contribution is 7.80. The Morgan fingerprint density at radius 2 is 1.95 bits per heavy atom. The largest absolute Gasteiger partial charge is 0.389 e. The van der Waals surface area contributed by atoms with E-state index < -0.39 is 5.82 Å². The highest BCUT2D eigenvalue weighted by Gasteiger charge is 2.15. The van der Waals surface area contributed by atoms with Gasteiger partial charge < -0.3 is 10.6 Å². The summed E-state index contributed by atoms with van der Waals surface area (Å²) in [7, 11) is 1.63. The number of carbonyl (C=O) groups is 1. The summed E-state index contributed by atoms with van der Waals surface area (Å²) in [5, 5.41) is 0. The molecule has 3 nitrogen and oxygen atoms in total. The number of halogens is 1. The van der Waals surface area contributed by atoms with Gasteiger partial charge in [0, 0.05) is 19.2 Å². The maximum atomic E-state index is 13.6. The lowest BCUT2D eigenvalue weighted by atomic mass is 10.1. The van der Waals surface area contributed by atoms with Gasteiger partial charge >= 0.3 is 0 Å². The van der Waals surface area contributed by atoms with Crippen LogP contribution in [-0.2, 0) is 6.54 Å². The van der Waals surface area contributed by atoms with Crippen LogP contribution >= 0.6 is 12.2 Å². The van der Waals surface area contributed by atoms with Crippen LogP contribution in [0.4, 0.5) is 4.39 Å². The van der Waals surface area contributed by atoms with Gasteiger partial charge in [-0.2, -0.15) is 0 Å². The first-order valence-corrected chi connectivity index (χ1v) is 6.78. The molecule has 0 spiro atoms. The zero-order valence-corrected chi connectivity index (χ0v) is 12.4. The van der Waals surface area contributed by atoms with Crippen LogP contribution in [0.2, 0.25) is 0 Å². The molecule has 2 N–H and O–H groups in total. The molecular weight excluding hydrogens is 287 g/mol. The molecule has 0 aliphatic rings. The normalized spacial score (nSPS) is 10.2. The topological polar surface area (TPSA) is 46.3 Å². The number of hydrogen-bond donors (Lipinski definition) is 1. The molecule has 0 unspecified atom stereocenters. The summed E-state index contributed by atoms with van der Waals surface area (Å²) in [4.78, 5) is 14.0. The van der Waals surface area contributed by atoms with E-state index in [1.54, 1.807) is 19.2 Å². The molecule has 0 saturated heterocycles. The summed E-state index contributed by atoms with van der Waals surface area (Å²) >= 11 is 4.93. The molecule has 0 aliphatic carbocycles. The van der Waals surface area contributed by atoms with Crippen molar-refractivity contribution < 1.29 is 9.18 Å². The third-order valence-electron chi connectivity index (χ3n) is 3.08. The second-order valence-corrected chi connectivity index (χ2v) is 5.15. The average Bonchev–Trinajstić information content (AvgIpc) is 2.47. The maximum absolute atomic E-state index is 13.6. The molecular formula is C16H15FN2OS. The first-order chi connectivity index (χ1) is 9.99. The number of rotatable bonds is 4. The smallest absolute Gasteiger partial charge is 0.256 e. The van der Waals surface area contributed by atoms with Crippen molar-refractivity contribution in [2.24, 2.45) is 5.73 Å². The van der Waals surface area contributed by atoms with Gasteiger partial charge in [-0.25, -0.2) is 4.39 Å². The van der Waals surface area contributed by atoms with Crippen molar-refractivity contribution in [2.45, 2.75) is 6.54 Å². The van der Waals surface area contributed by atoms with Gasteiger partial charge in [0.25, 0.3) is 5.91 Å². The van der Waals surface area contributed by atoms with Crippen molar-refractivity contribution in [3.8, 4) is 0 Å². The monoisotopic (exact) mass is 302 g/mol. The maximum Gasteiger partial charge on any atom is 0.256 e. The van der Waals surface area contributed by atoms with Crippen LogP contribution in [-0.4, -0.2) is 22.8 Å². The zero-order chi connectivity index (χ0) is 15.4. The summed E-state index contributed by atoms with van der Waals surface area (Å²) in [5.41, 5.74) is 7.27. The lowest BCUT2D eigenvalue weighted by Crippen LogP contribution is -2.27. The third-order valence-corrected chi connectivity index (χ3v) is 3.32. The molecule has 1 amide bonds. The van der Waals surface area contributed by atoms with Crippen LogP contribution in [0.1, 0.15) is 21.5 Å². The Bertz CT molecular complexity index is 687. The number of nitrogens with two attached hydrogens (primary N) is 1. The van der Waals surface area contributed by atoms with E-state index in [0.717, 1.165) is 11.1 Å². The first-order valence-electron chi connectivity index (χ1n) is 6.38. The molecule has 21 heavy (non-hydrogen) atoms. The fourth-order valence-corrected chi connectivity index (χ4v) is 2.14. The van der Waals surface area contributed by atoms with Crippen molar-refractivity contribution >= 4 is 23.1 Å². The van der Waals surface area contributed by atoms with Crippen LogP contribution < -0.4 is 5.73 Å². The van der Waals surface area contributed by atoms with Crippen LogP contribution in [0.5, 0.6) is 0 Å². The number of thiocarbonyl (C=S) groups is 1. The standard InChI is InChI=1S/C16H15FN2OS/c1-19(16(20)13-7-2-3-8-14(13)17)10-11-5-4-6-12(9-11)15(18)21/h2-9H,10H2,1H3,(H2,18,21). The summed E-state index contributed by atoms with van der Waals surface area (Å²) in [5.74, 6) is -0.889. The molecule has 0 aromatic heterocycles. The molecule has 0 heterocycles.